The molecule has 0 saturated carbocycles. The predicted molar refractivity (Wildman–Crippen MR) is 69.0 cm³/mol. The second-order valence-corrected chi connectivity index (χ2v) is 3.32. The van der Waals surface area contributed by atoms with Gasteiger partial charge in [0.1, 0.15) is 6.07 Å². The molecule has 0 spiro atoms. The van der Waals surface area contributed by atoms with Gasteiger partial charge in [-0.3, -0.25) is 0 Å². The minimum absolute atomic E-state index is 0.0588. The molecule has 7 heteroatoms. The Balaban J connectivity index is 2.85. The maximum absolute atomic E-state index is 10.5. The van der Waals surface area contributed by atoms with Crippen molar-refractivity contribution in [3.05, 3.63) is 23.8 Å². The van der Waals surface area contributed by atoms with E-state index in [0.717, 1.165) is 0 Å². The number of hydrogen-bond donors (Lipinski definition) is 2. The fourth-order valence-corrected chi connectivity index (χ4v) is 1.27. The molecule has 0 bridgehead atoms. The molecule has 0 aromatic heterocycles. The number of nitriles is 1. The van der Waals surface area contributed by atoms with Gasteiger partial charge < -0.3 is 15.2 Å². The maximum atomic E-state index is 10.5. The molecule has 19 heavy (non-hydrogen) atoms. The summed E-state index contributed by atoms with van der Waals surface area (Å²) in [5.74, 6) is 0.976. The first-order valence-electron chi connectivity index (χ1n) is 5.52. The van der Waals surface area contributed by atoms with Crippen LogP contribution in [0.15, 0.2) is 23.3 Å². The number of primary amides is 1. The molecular formula is C12H14N4O3. The SMILES string of the molecule is CCOc1cc(C=NNC(N)=O)ccc1OCC#N. The molecule has 7 nitrogen and oxygen atoms in total. The Bertz CT molecular complexity index is 508. The van der Waals surface area contributed by atoms with E-state index in [0.29, 0.717) is 23.7 Å². The third-order valence-corrected chi connectivity index (χ3v) is 1.95. The molecule has 0 heterocycles. The van der Waals surface area contributed by atoms with Crippen molar-refractivity contribution >= 4 is 12.2 Å². The Hall–Kier alpha value is -2.75. The first-order valence-corrected chi connectivity index (χ1v) is 5.52. The molecule has 1 rings (SSSR count). The lowest BCUT2D eigenvalue weighted by molar-refractivity contribution is 0.249. The number of urea groups is 1. The number of nitrogens with two attached hydrogens (primary N) is 1. The summed E-state index contributed by atoms with van der Waals surface area (Å²) in [6.07, 6.45) is 1.42. The number of hydrazone groups is 1. The van der Waals surface area contributed by atoms with E-state index < -0.39 is 6.03 Å². The third kappa shape index (κ3) is 4.95. The molecule has 1 aromatic carbocycles. The standard InChI is InChI=1S/C12H14N4O3/c1-2-18-11-7-9(8-15-16-12(14)17)3-4-10(11)19-6-5-13/h3-4,7-8H,2,6H2,1H3,(H3,14,16,17). The van der Waals surface area contributed by atoms with Gasteiger partial charge in [-0.05, 0) is 30.7 Å². The highest BCUT2D eigenvalue weighted by molar-refractivity contribution is 5.82. The van der Waals surface area contributed by atoms with Crippen molar-refractivity contribution in [2.75, 3.05) is 13.2 Å². The second-order valence-electron chi connectivity index (χ2n) is 3.32. The topological polar surface area (TPSA) is 110 Å². The first kappa shape index (κ1) is 14.3. The highest BCUT2D eigenvalue weighted by atomic mass is 16.5. The van der Waals surface area contributed by atoms with Gasteiger partial charge in [0.25, 0.3) is 0 Å². The van der Waals surface area contributed by atoms with Crippen LogP contribution in [0.2, 0.25) is 0 Å². The zero-order valence-electron chi connectivity index (χ0n) is 10.4. The fourth-order valence-electron chi connectivity index (χ4n) is 1.27. The summed E-state index contributed by atoms with van der Waals surface area (Å²) in [7, 11) is 0. The largest absolute Gasteiger partial charge is 0.490 e. The van der Waals surface area contributed by atoms with Gasteiger partial charge in [-0.2, -0.15) is 10.4 Å². The van der Waals surface area contributed by atoms with Gasteiger partial charge in [-0.25, -0.2) is 10.2 Å². The van der Waals surface area contributed by atoms with Crippen LogP contribution >= 0.6 is 0 Å². The molecule has 3 N–H and O–H groups in total. The average molecular weight is 262 g/mol. The Kier molecular flexibility index (Phi) is 5.69. The van der Waals surface area contributed by atoms with Crippen molar-refractivity contribution in [3.8, 4) is 17.6 Å². The van der Waals surface area contributed by atoms with E-state index in [1.54, 1.807) is 18.2 Å². The predicted octanol–water partition coefficient (Wildman–Crippen LogP) is 0.990. The normalized spacial score (nSPS) is 9.89. The Morgan fingerprint density at radius 3 is 2.95 bits per heavy atom. The number of benzene rings is 1. The van der Waals surface area contributed by atoms with Crippen LogP contribution in [0, 0.1) is 11.3 Å². The lowest BCUT2D eigenvalue weighted by atomic mass is 10.2. The number of amides is 2. The molecule has 0 atom stereocenters. The van der Waals surface area contributed by atoms with E-state index in [1.807, 2.05) is 13.0 Å². The first-order chi connectivity index (χ1) is 9.17. The molecule has 0 fully saturated rings. The molecule has 1 aromatic rings. The molecule has 0 aliphatic heterocycles. The number of ether oxygens (including phenoxy) is 2. The summed E-state index contributed by atoms with van der Waals surface area (Å²) in [5.41, 5.74) is 7.66. The van der Waals surface area contributed by atoms with Crippen molar-refractivity contribution in [1.82, 2.24) is 5.43 Å². The molecular weight excluding hydrogens is 248 g/mol. The van der Waals surface area contributed by atoms with Crippen LogP contribution in [0.4, 0.5) is 4.79 Å². The molecule has 0 aliphatic carbocycles. The summed E-state index contributed by atoms with van der Waals surface area (Å²) in [6, 6.07) is 6.19. The molecule has 0 saturated heterocycles. The number of hydrogen-bond acceptors (Lipinski definition) is 5. The van der Waals surface area contributed by atoms with Crippen LogP contribution in [0.25, 0.3) is 0 Å². The summed E-state index contributed by atoms with van der Waals surface area (Å²) in [4.78, 5) is 10.5. The van der Waals surface area contributed by atoms with Crippen molar-refractivity contribution in [1.29, 1.82) is 5.26 Å². The quantitative estimate of drug-likeness (QED) is 0.588. The molecule has 0 radical (unpaired) electrons. The highest BCUT2D eigenvalue weighted by Crippen LogP contribution is 2.27. The van der Waals surface area contributed by atoms with Gasteiger partial charge in [-0.1, -0.05) is 0 Å². The van der Waals surface area contributed by atoms with Gasteiger partial charge in [0.15, 0.2) is 18.1 Å². The van der Waals surface area contributed by atoms with Crippen LogP contribution in [0.1, 0.15) is 12.5 Å². The third-order valence-electron chi connectivity index (χ3n) is 1.95. The number of nitrogens with one attached hydrogen (secondary N) is 1. The lowest BCUT2D eigenvalue weighted by Crippen LogP contribution is -2.24. The number of nitrogens with zero attached hydrogens (tertiary/aromatic N) is 2. The number of rotatable bonds is 6. The highest BCUT2D eigenvalue weighted by Gasteiger charge is 2.05. The van der Waals surface area contributed by atoms with E-state index in [1.165, 1.54) is 6.21 Å². The van der Waals surface area contributed by atoms with E-state index in [2.05, 4.69) is 10.5 Å². The van der Waals surface area contributed by atoms with E-state index in [-0.39, 0.29) is 6.61 Å². The van der Waals surface area contributed by atoms with Crippen LogP contribution in [0.5, 0.6) is 11.5 Å². The summed E-state index contributed by atoms with van der Waals surface area (Å²) >= 11 is 0. The maximum Gasteiger partial charge on any atom is 0.332 e. The smallest absolute Gasteiger partial charge is 0.332 e. The van der Waals surface area contributed by atoms with E-state index >= 15 is 0 Å². The Morgan fingerprint density at radius 2 is 2.32 bits per heavy atom. The summed E-state index contributed by atoms with van der Waals surface area (Å²) in [6.45, 7) is 2.24. The molecule has 0 unspecified atom stereocenters. The van der Waals surface area contributed by atoms with E-state index in [4.69, 9.17) is 20.5 Å². The van der Waals surface area contributed by atoms with Crippen molar-refractivity contribution in [2.45, 2.75) is 6.92 Å². The minimum Gasteiger partial charge on any atom is -0.490 e. The zero-order valence-corrected chi connectivity index (χ0v) is 10.4. The number of carbonyl (C=O) groups excluding carboxylic acids is 1. The van der Waals surface area contributed by atoms with Crippen LogP contribution < -0.4 is 20.6 Å². The van der Waals surface area contributed by atoms with Crippen molar-refractivity contribution in [2.24, 2.45) is 10.8 Å². The molecule has 100 valence electrons. The van der Waals surface area contributed by atoms with Gasteiger partial charge in [0.05, 0.1) is 12.8 Å². The van der Waals surface area contributed by atoms with Gasteiger partial charge in [0.2, 0.25) is 0 Å². The minimum atomic E-state index is -0.741. The lowest BCUT2D eigenvalue weighted by Gasteiger charge is -2.10. The van der Waals surface area contributed by atoms with Crippen LogP contribution in [0.3, 0.4) is 0 Å². The average Bonchev–Trinajstić information content (AvgIpc) is 2.38. The Morgan fingerprint density at radius 1 is 1.53 bits per heavy atom. The fraction of sp³-hybridized carbons (Fsp3) is 0.250. The summed E-state index contributed by atoms with van der Waals surface area (Å²) in [5, 5.41) is 12.1. The van der Waals surface area contributed by atoms with E-state index in [9.17, 15) is 4.79 Å². The van der Waals surface area contributed by atoms with Crippen LogP contribution in [-0.2, 0) is 0 Å². The van der Waals surface area contributed by atoms with Crippen LogP contribution in [-0.4, -0.2) is 25.5 Å². The second kappa shape index (κ2) is 7.55. The summed E-state index contributed by atoms with van der Waals surface area (Å²) < 4.78 is 10.6. The van der Waals surface area contributed by atoms with Crippen molar-refractivity contribution < 1.29 is 14.3 Å². The van der Waals surface area contributed by atoms with Gasteiger partial charge >= 0.3 is 6.03 Å². The Labute approximate surface area is 110 Å². The monoisotopic (exact) mass is 262 g/mol. The molecule has 2 amide bonds. The van der Waals surface area contributed by atoms with Crippen molar-refractivity contribution in [3.63, 3.8) is 0 Å². The van der Waals surface area contributed by atoms with Gasteiger partial charge in [0, 0.05) is 0 Å². The molecule has 0 aliphatic rings. The van der Waals surface area contributed by atoms with Gasteiger partial charge in [-0.15, -0.1) is 0 Å². The zero-order chi connectivity index (χ0) is 14.1. The number of carbonyl (C=O) groups is 1.